The van der Waals surface area contributed by atoms with Gasteiger partial charge in [0.05, 0.1) is 0 Å². The lowest BCUT2D eigenvalue weighted by molar-refractivity contribution is -0.121. The average molecular weight is 275 g/mol. The lowest BCUT2D eigenvalue weighted by atomic mass is 9.88. The fourth-order valence-electron chi connectivity index (χ4n) is 2.69. The molecule has 4 nitrogen and oxygen atoms in total. The van der Waals surface area contributed by atoms with Gasteiger partial charge in [-0.25, -0.2) is 0 Å². The zero-order valence-electron chi connectivity index (χ0n) is 12.6. The average Bonchev–Trinajstić information content (AvgIpc) is 2.46. The molecule has 3 N–H and O–H groups in total. The van der Waals surface area contributed by atoms with Crippen LogP contribution in [-0.4, -0.2) is 31.6 Å². The molecule has 0 saturated carbocycles. The SMILES string of the molecule is CC(C(N)=O)[C@H](C)c1ccc(N2CCN[C@@H](C)C2)cc1. The number of rotatable bonds is 4. The number of carbonyl (C=O) groups is 1. The third-order valence-electron chi connectivity index (χ3n) is 4.35. The van der Waals surface area contributed by atoms with E-state index in [0.717, 1.165) is 19.6 Å². The quantitative estimate of drug-likeness (QED) is 0.879. The molecular weight excluding hydrogens is 250 g/mol. The van der Waals surface area contributed by atoms with Gasteiger partial charge in [-0.15, -0.1) is 0 Å². The Balaban J connectivity index is 2.08. The van der Waals surface area contributed by atoms with Crippen LogP contribution >= 0.6 is 0 Å². The number of nitrogens with one attached hydrogen (secondary N) is 1. The summed E-state index contributed by atoms with van der Waals surface area (Å²) in [7, 11) is 0. The third-order valence-corrected chi connectivity index (χ3v) is 4.35. The zero-order chi connectivity index (χ0) is 14.7. The molecule has 1 aromatic carbocycles. The van der Waals surface area contributed by atoms with Crippen molar-refractivity contribution in [3.8, 4) is 0 Å². The predicted molar refractivity (Wildman–Crippen MR) is 82.9 cm³/mol. The second-order valence-corrected chi connectivity index (χ2v) is 5.87. The van der Waals surface area contributed by atoms with Crippen LogP contribution in [0.3, 0.4) is 0 Å². The van der Waals surface area contributed by atoms with Crippen LogP contribution < -0.4 is 16.0 Å². The van der Waals surface area contributed by atoms with E-state index in [0.29, 0.717) is 6.04 Å². The summed E-state index contributed by atoms with van der Waals surface area (Å²) in [6, 6.07) is 9.06. The van der Waals surface area contributed by atoms with Crippen molar-refractivity contribution in [1.29, 1.82) is 0 Å². The van der Waals surface area contributed by atoms with Crippen LogP contribution in [0.5, 0.6) is 0 Å². The summed E-state index contributed by atoms with van der Waals surface area (Å²) in [6.07, 6.45) is 0. The number of nitrogens with zero attached hydrogens (tertiary/aromatic N) is 1. The van der Waals surface area contributed by atoms with Gasteiger partial charge in [0.25, 0.3) is 0 Å². The number of nitrogens with two attached hydrogens (primary N) is 1. The van der Waals surface area contributed by atoms with E-state index in [1.165, 1.54) is 11.3 Å². The van der Waals surface area contributed by atoms with E-state index in [1.54, 1.807) is 0 Å². The normalized spacial score (nSPS) is 22.4. The Kier molecular flexibility index (Phi) is 4.65. The monoisotopic (exact) mass is 275 g/mol. The van der Waals surface area contributed by atoms with E-state index in [1.807, 2.05) is 6.92 Å². The fraction of sp³-hybridized carbons (Fsp3) is 0.562. The minimum absolute atomic E-state index is 0.139. The number of hydrogen-bond acceptors (Lipinski definition) is 3. The first-order valence-corrected chi connectivity index (χ1v) is 7.36. The second kappa shape index (κ2) is 6.27. The van der Waals surface area contributed by atoms with E-state index in [4.69, 9.17) is 5.73 Å². The van der Waals surface area contributed by atoms with E-state index >= 15 is 0 Å². The molecule has 110 valence electrons. The van der Waals surface area contributed by atoms with Gasteiger partial charge < -0.3 is 16.0 Å². The van der Waals surface area contributed by atoms with Crippen molar-refractivity contribution in [2.75, 3.05) is 24.5 Å². The summed E-state index contributed by atoms with van der Waals surface area (Å²) >= 11 is 0. The van der Waals surface area contributed by atoms with Gasteiger partial charge in [-0.1, -0.05) is 26.0 Å². The van der Waals surface area contributed by atoms with Crippen LogP contribution in [0.2, 0.25) is 0 Å². The Bertz CT molecular complexity index is 457. The Hall–Kier alpha value is -1.55. The molecule has 0 aromatic heterocycles. The minimum Gasteiger partial charge on any atom is -0.369 e. The molecule has 1 saturated heterocycles. The maximum Gasteiger partial charge on any atom is 0.220 e. The first-order chi connectivity index (χ1) is 9.49. The van der Waals surface area contributed by atoms with E-state index < -0.39 is 0 Å². The molecule has 1 unspecified atom stereocenters. The van der Waals surface area contributed by atoms with Gasteiger partial charge in [0.1, 0.15) is 0 Å². The van der Waals surface area contributed by atoms with Crippen molar-refractivity contribution in [3.63, 3.8) is 0 Å². The Morgan fingerprint density at radius 2 is 2.00 bits per heavy atom. The van der Waals surface area contributed by atoms with E-state index in [9.17, 15) is 4.79 Å². The lowest BCUT2D eigenvalue weighted by Crippen LogP contribution is -2.49. The van der Waals surface area contributed by atoms with Crippen molar-refractivity contribution in [1.82, 2.24) is 5.32 Å². The topological polar surface area (TPSA) is 58.4 Å². The molecule has 1 aliphatic heterocycles. The molecular formula is C16H25N3O. The van der Waals surface area contributed by atoms with Crippen molar-refractivity contribution in [2.45, 2.75) is 32.7 Å². The minimum atomic E-state index is -0.238. The lowest BCUT2D eigenvalue weighted by Gasteiger charge is -2.33. The molecule has 0 radical (unpaired) electrons. The number of anilines is 1. The Morgan fingerprint density at radius 1 is 1.35 bits per heavy atom. The fourth-order valence-corrected chi connectivity index (χ4v) is 2.69. The number of carbonyl (C=O) groups excluding carboxylic acids is 1. The van der Waals surface area contributed by atoms with Gasteiger partial charge in [0.2, 0.25) is 5.91 Å². The van der Waals surface area contributed by atoms with Crippen molar-refractivity contribution in [2.24, 2.45) is 11.7 Å². The van der Waals surface area contributed by atoms with Crippen LogP contribution in [0.15, 0.2) is 24.3 Å². The number of hydrogen-bond donors (Lipinski definition) is 2. The highest BCUT2D eigenvalue weighted by atomic mass is 16.1. The predicted octanol–water partition coefficient (Wildman–Crippen LogP) is 1.71. The van der Waals surface area contributed by atoms with Crippen LogP contribution in [-0.2, 0) is 4.79 Å². The number of amides is 1. The molecule has 1 fully saturated rings. The van der Waals surface area contributed by atoms with Crippen LogP contribution in [0.25, 0.3) is 0 Å². The van der Waals surface area contributed by atoms with Gasteiger partial charge in [-0.05, 0) is 30.5 Å². The largest absolute Gasteiger partial charge is 0.369 e. The molecule has 20 heavy (non-hydrogen) atoms. The highest BCUT2D eigenvalue weighted by molar-refractivity contribution is 5.77. The second-order valence-electron chi connectivity index (χ2n) is 5.87. The summed E-state index contributed by atoms with van der Waals surface area (Å²) in [4.78, 5) is 13.7. The summed E-state index contributed by atoms with van der Waals surface area (Å²) < 4.78 is 0. The highest BCUT2D eigenvalue weighted by Gasteiger charge is 2.20. The van der Waals surface area contributed by atoms with Crippen LogP contribution in [0.4, 0.5) is 5.69 Å². The molecule has 0 bridgehead atoms. The highest BCUT2D eigenvalue weighted by Crippen LogP contribution is 2.26. The molecule has 1 heterocycles. The number of benzene rings is 1. The Labute approximate surface area is 121 Å². The van der Waals surface area contributed by atoms with Crippen LogP contribution in [0.1, 0.15) is 32.3 Å². The van der Waals surface area contributed by atoms with E-state index in [2.05, 4.69) is 48.3 Å². The molecule has 1 amide bonds. The van der Waals surface area contributed by atoms with Gasteiger partial charge in [0, 0.05) is 37.3 Å². The molecule has 3 atom stereocenters. The summed E-state index contributed by atoms with van der Waals surface area (Å²) in [5.41, 5.74) is 7.80. The molecule has 1 aromatic rings. The maximum absolute atomic E-state index is 11.3. The molecule has 1 aliphatic rings. The summed E-state index contributed by atoms with van der Waals surface area (Å²) in [5.74, 6) is -0.221. The smallest absolute Gasteiger partial charge is 0.220 e. The van der Waals surface area contributed by atoms with Gasteiger partial charge in [0.15, 0.2) is 0 Å². The van der Waals surface area contributed by atoms with Crippen molar-refractivity contribution >= 4 is 11.6 Å². The van der Waals surface area contributed by atoms with Crippen LogP contribution in [0, 0.1) is 5.92 Å². The first kappa shape index (κ1) is 14.9. The van der Waals surface area contributed by atoms with E-state index in [-0.39, 0.29) is 17.7 Å². The van der Waals surface area contributed by atoms with Crippen molar-refractivity contribution in [3.05, 3.63) is 29.8 Å². The third kappa shape index (κ3) is 3.31. The van der Waals surface area contributed by atoms with Gasteiger partial charge in [-0.2, -0.15) is 0 Å². The van der Waals surface area contributed by atoms with Gasteiger partial charge >= 0.3 is 0 Å². The summed E-state index contributed by atoms with van der Waals surface area (Å²) in [6.45, 7) is 9.24. The first-order valence-electron chi connectivity index (χ1n) is 7.36. The maximum atomic E-state index is 11.3. The van der Waals surface area contributed by atoms with Gasteiger partial charge in [-0.3, -0.25) is 4.79 Å². The standard InChI is InChI=1S/C16H25N3O/c1-11-10-19(9-8-18-11)15-6-4-14(5-7-15)12(2)13(3)16(17)20/h4-7,11-13,18H,8-10H2,1-3H3,(H2,17,20)/t11-,12-,13?/m0/s1. The number of piperazine rings is 1. The zero-order valence-corrected chi connectivity index (χ0v) is 12.6. The molecule has 2 rings (SSSR count). The number of primary amides is 1. The summed E-state index contributed by atoms with van der Waals surface area (Å²) in [5, 5.41) is 3.45. The molecule has 4 heteroatoms. The van der Waals surface area contributed by atoms with Crippen molar-refractivity contribution < 1.29 is 4.79 Å². The Morgan fingerprint density at radius 3 is 2.55 bits per heavy atom. The molecule has 0 spiro atoms. The molecule has 0 aliphatic carbocycles.